The lowest BCUT2D eigenvalue weighted by Gasteiger charge is -2.06. The predicted molar refractivity (Wildman–Crippen MR) is 61.6 cm³/mol. The van der Waals surface area contributed by atoms with Gasteiger partial charge < -0.3 is 0 Å². The lowest BCUT2D eigenvalue weighted by atomic mass is 10.1. The highest BCUT2D eigenvalue weighted by atomic mass is 32.2. The summed E-state index contributed by atoms with van der Waals surface area (Å²) < 4.78 is 12.8. The molecule has 0 aliphatic rings. The van der Waals surface area contributed by atoms with Crippen molar-refractivity contribution in [3.8, 4) is 0 Å². The molecule has 1 aromatic rings. The molecule has 0 spiro atoms. The van der Waals surface area contributed by atoms with E-state index in [2.05, 4.69) is 0 Å². The number of carbonyl (C=O) groups is 1. The first-order chi connectivity index (χ1) is 7.13. The summed E-state index contributed by atoms with van der Waals surface area (Å²) in [5.74, 6) is 0.507. The molecule has 0 N–H and O–H groups in total. The van der Waals surface area contributed by atoms with Gasteiger partial charge in [0.05, 0.1) is 5.75 Å². The smallest absolute Gasteiger partial charge is 0.145 e. The first kappa shape index (κ1) is 12.2. The summed E-state index contributed by atoms with van der Waals surface area (Å²) in [6.07, 6.45) is 0.864. The topological polar surface area (TPSA) is 17.1 Å². The Hall–Kier alpha value is -0.830. The first-order valence-corrected chi connectivity index (χ1v) is 6.03. The standard InChI is InChI=1S/C12H15FOS/c1-3-9(2)12(14)8-15-11-6-4-5-10(13)7-11/h4-7,9H,3,8H2,1-2H3. The normalized spacial score (nSPS) is 12.5. The molecule has 1 atom stereocenters. The van der Waals surface area contributed by atoms with Gasteiger partial charge >= 0.3 is 0 Å². The number of carbonyl (C=O) groups excluding carboxylic acids is 1. The van der Waals surface area contributed by atoms with Crippen LogP contribution in [0.2, 0.25) is 0 Å². The van der Waals surface area contributed by atoms with Gasteiger partial charge in [-0.05, 0) is 24.6 Å². The van der Waals surface area contributed by atoms with E-state index in [0.29, 0.717) is 5.75 Å². The maximum atomic E-state index is 12.8. The molecule has 0 aromatic heterocycles. The summed E-state index contributed by atoms with van der Waals surface area (Å²) in [6.45, 7) is 3.92. The second kappa shape index (κ2) is 5.91. The molecule has 0 saturated heterocycles. The second-order valence-corrected chi connectivity index (χ2v) is 4.57. The van der Waals surface area contributed by atoms with Crippen molar-refractivity contribution >= 4 is 17.5 Å². The molecule has 0 fully saturated rings. The number of hydrogen-bond donors (Lipinski definition) is 0. The maximum absolute atomic E-state index is 12.8. The summed E-state index contributed by atoms with van der Waals surface area (Å²) in [5.41, 5.74) is 0. The Labute approximate surface area is 94.1 Å². The zero-order valence-corrected chi connectivity index (χ0v) is 9.81. The van der Waals surface area contributed by atoms with Crippen LogP contribution in [0.15, 0.2) is 29.2 Å². The largest absolute Gasteiger partial charge is 0.298 e. The Morgan fingerprint density at radius 2 is 2.27 bits per heavy atom. The van der Waals surface area contributed by atoms with Crippen molar-refractivity contribution in [1.29, 1.82) is 0 Å². The Bertz CT molecular complexity index is 338. The van der Waals surface area contributed by atoms with Gasteiger partial charge in [0.2, 0.25) is 0 Å². The summed E-state index contributed by atoms with van der Waals surface area (Å²) >= 11 is 1.40. The van der Waals surface area contributed by atoms with Gasteiger partial charge in [0.1, 0.15) is 11.6 Å². The quantitative estimate of drug-likeness (QED) is 0.714. The molecular formula is C12H15FOS. The lowest BCUT2D eigenvalue weighted by molar-refractivity contribution is -0.119. The van der Waals surface area contributed by atoms with Crippen molar-refractivity contribution < 1.29 is 9.18 Å². The van der Waals surface area contributed by atoms with Gasteiger partial charge in [-0.3, -0.25) is 4.79 Å². The minimum atomic E-state index is -0.254. The van der Waals surface area contributed by atoms with E-state index in [4.69, 9.17) is 0 Å². The van der Waals surface area contributed by atoms with Crippen LogP contribution in [-0.2, 0) is 4.79 Å². The van der Waals surface area contributed by atoms with Crippen molar-refractivity contribution in [2.45, 2.75) is 25.2 Å². The Balaban J connectivity index is 2.47. The van der Waals surface area contributed by atoms with Crippen LogP contribution in [0.4, 0.5) is 4.39 Å². The highest BCUT2D eigenvalue weighted by Gasteiger charge is 2.10. The van der Waals surface area contributed by atoms with Crippen LogP contribution < -0.4 is 0 Å². The lowest BCUT2D eigenvalue weighted by Crippen LogP contribution is -2.12. The number of ketones is 1. The predicted octanol–water partition coefficient (Wildman–Crippen LogP) is 3.53. The fraction of sp³-hybridized carbons (Fsp3) is 0.417. The number of hydrogen-bond acceptors (Lipinski definition) is 2. The van der Waals surface area contributed by atoms with E-state index in [1.165, 1.54) is 23.9 Å². The van der Waals surface area contributed by atoms with Crippen LogP contribution in [0.3, 0.4) is 0 Å². The molecule has 0 aliphatic heterocycles. The van der Waals surface area contributed by atoms with Crippen LogP contribution in [-0.4, -0.2) is 11.5 Å². The van der Waals surface area contributed by atoms with Gasteiger partial charge in [0.25, 0.3) is 0 Å². The zero-order chi connectivity index (χ0) is 11.3. The number of rotatable bonds is 5. The monoisotopic (exact) mass is 226 g/mol. The zero-order valence-electron chi connectivity index (χ0n) is 9.00. The van der Waals surface area contributed by atoms with Crippen LogP contribution in [0.5, 0.6) is 0 Å². The second-order valence-electron chi connectivity index (χ2n) is 3.52. The molecule has 0 aliphatic carbocycles. The van der Waals surface area contributed by atoms with E-state index in [1.807, 2.05) is 19.9 Å². The highest BCUT2D eigenvalue weighted by Crippen LogP contribution is 2.20. The molecule has 82 valence electrons. The Morgan fingerprint density at radius 1 is 1.53 bits per heavy atom. The average molecular weight is 226 g/mol. The summed E-state index contributed by atoms with van der Waals surface area (Å²) in [6, 6.07) is 6.33. The molecule has 15 heavy (non-hydrogen) atoms. The molecule has 0 bridgehead atoms. The third-order valence-electron chi connectivity index (χ3n) is 2.34. The molecule has 1 nitrogen and oxygen atoms in total. The molecule has 0 radical (unpaired) electrons. The molecular weight excluding hydrogens is 211 g/mol. The van der Waals surface area contributed by atoms with Gasteiger partial charge in [-0.1, -0.05) is 19.9 Å². The third kappa shape index (κ3) is 4.04. The minimum absolute atomic E-state index is 0.103. The molecule has 0 amide bonds. The minimum Gasteiger partial charge on any atom is -0.298 e. The van der Waals surface area contributed by atoms with Gasteiger partial charge in [-0.25, -0.2) is 4.39 Å². The van der Waals surface area contributed by atoms with Crippen molar-refractivity contribution in [2.75, 3.05) is 5.75 Å². The number of halogens is 1. The van der Waals surface area contributed by atoms with E-state index in [9.17, 15) is 9.18 Å². The molecule has 1 unspecified atom stereocenters. The van der Waals surface area contributed by atoms with Crippen LogP contribution >= 0.6 is 11.8 Å². The SMILES string of the molecule is CCC(C)C(=O)CSc1cccc(F)c1. The summed E-state index contributed by atoms with van der Waals surface area (Å²) in [7, 11) is 0. The Kier molecular flexibility index (Phi) is 4.82. The summed E-state index contributed by atoms with van der Waals surface area (Å²) in [5, 5.41) is 0. The van der Waals surface area contributed by atoms with Gasteiger partial charge in [0.15, 0.2) is 0 Å². The number of Topliss-reactive ketones (excluding diaryl/α,β-unsaturated/α-hetero) is 1. The van der Waals surface area contributed by atoms with Crippen LogP contribution in [0.25, 0.3) is 0 Å². The number of benzene rings is 1. The van der Waals surface area contributed by atoms with Crippen LogP contribution in [0.1, 0.15) is 20.3 Å². The number of thioether (sulfide) groups is 1. The van der Waals surface area contributed by atoms with Gasteiger partial charge in [-0.15, -0.1) is 11.8 Å². The maximum Gasteiger partial charge on any atom is 0.145 e. The van der Waals surface area contributed by atoms with Crippen molar-refractivity contribution in [3.63, 3.8) is 0 Å². The molecule has 0 heterocycles. The van der Waals surface area contributed by atoms with E-state index < -0.39 is 0 Å². The van der Waals surface area contributed by atoms with Crippen molar-refractivity contribution in [1.82, 2.24) is 0 Å². The molecule has 1 rings (SSSR count). The molecule has 3 heteroatoms. The van der Waals surface area contributed by atoms with E-state index >= 15 is 0 Å². The Morgan fingerprint density at radius 3 is 2.87 bits per heavy atom. The molecule has 0 saturated carbocycles. The molecule has 1 aromatic carbocycles. The van der Waals surface area contributed by atoms with Crippen LogP contribution in [0, 0.1) is 11.7 Å². The fourth-order valence-electron chi connectivity index (χ4n) is 1.08. The van der Waals surface area contributed by atoms with Crippen molar-refractivity contribution in [2.24, 2.45) is 5.92 Å². The summed E-state index contributed by atoms with van der Waals surface area (Å²) in [4.78, 5) is 12.3. The van der Waals surface area contributed by atoms with E-state index in [-0.39, 0.29) is 17.5 Å². The van der Waals surface area contributed by atoms with E-state index in [1.54, 1.807) is 6.07 Å². The average Bonchev–Trinajstić information content (AvgIpc) is 2.25. The van der Waals surface area contributed by atoms with Gasteiger partial charge in [0, 0.05) is 10.8 Å². The third-order valence-corrected chi connectivity index (χ3v) is 3.36. The fourth-order valence-corrected chi connectivity index (χ4v) is 2.05. The first-order valence-electron chi connectivity index (χ1n) is 5.04. The van der Waals surface area contributed by atoms with Crippen molar-refractivity contribution in [3.05, 3.63) is 30.1 Å². The van der Waals surface area contributed by atoms with E-state index in [0.717, 1.165) is 11.3 Å². The van der Waals surface area contributed by atoms with Gasteiger partial charge in [-0.2, -0.15) is 0 Å². The highest BCUT2D eigenvalue weighted by molar-refractivity contribution is 8.00.